The monoisotopic (exact) mass is 478 g/mol. The number of piperazine rings is 1. The lowest BCUT2D eigenvalue weighted by Gasteiger charge is -2.38. The third-order valence-corrected chi connectivity index (χ3v) is 5.04. The molecule has 2 saturated heterocycles. The van der Waals surface area contributed by atoms with Crippen molar-refractivity contribution in [1.82, 2.24) is 19.7 Å². The molecule has 1 aromatic heterocycles. The standard InChI is InChI=1S/C24H28F2N6O2/c1-17-8-20(28-24-27-16-32(29-24)22-11-18(25)10-19(26)12-22)13-21(9-17)31-4-2-30(3-5-31)14-23-15-33-6-7-34-23/h8-13,16,23H,2-7,14-15H2,1H3,(H,28,29)/i2D2,3D2,4D2,5D2. The summed E-state index contributed by atoms with van der Waals surface area (Å²) < 4.78 is 109. The molecular weight excluding hydrogens is 442 g/mol. The molecule has 2 aliphatic heterocycles. The molecule has 1 unspecified atom stereocenters. The number of hydrogen-bond donors (Lipinski definition) is 1. The molecule has 1 N–H and O–H groups in total. The zero-order valence-corrected chi connectivity index (χ0v) is 18.3. The molecule has 10 heteroatoms. The van der Waals surface area contributed by atoms with Crippen LogP contribution in [0.4, 0.5) is 26.1 Å². The van der Waals surface area contributed by atoms with Gasteiger partial charge in [0.25, 0.3) is 0 Å². The van der Waals surface area contributed by atoms with E-state index in [0.29, 0.717) is 28.0 Å². The molecule has 0 bridgehead atoms. The number of aromatic nitrogens is 3. The van der Waals surface area contributed by atoms with Crippen molar-refractivity contribution in [2.75, 3.05) is 62.6 Å². The molecule has 3 heterocycles. The van der Waals surface area contributed by atoms with Crippen molar-refractivity contribution in [3.8, 4) is 5.69 Å². The van der Waals surface area contributed by atoms with Crippen molar-refractivity contribution >= 4 is 17.3 Å². The molecule has 180 valence electrons. The van der Waals surface area contributed by atoms with E-state index in [1.807, 2.05) is 0 Å². The van der Waals surface area contributed by atoms with Gasteiger partial charge in [-0.2, -0.15) is 4.98 Å². The predicted octanol–water partition coefficient (Wildman–Crippen LogP) is 3.13. The number of nitrogens with zero attached hydrogens (tertiary/aromatic N) is 5. The van der Waals surface area contributed by atoms with E-state index < -0.39 is 50.3 Å². The number of nitrogens with one attached hydrogen (secondary N) is 1. The average molecular weight is 479 g/mol. The van der Waals surface area contributed by atoms with E-state index in [2.05, 4.69) is 15.4 Å². The van der Waals surface area contributed by atoms with Gasteiger partial charge in [-0.05, 0) is 42.8 Å². The van der Waals surface area contributed by atoms with Gasteiger partial charge in [0.1, 0.15) is 18.0 Å². The number of benzene rings is 2. The maximum Gasteiger partial charge on any atom is 0.246 e. The highest BCUT2D eigenvalue weighted by Gasteiger charge is 2.23. The fraction of sp³-hybridized carbons (Fsp3) is 0.417. The zero-order valence-electron chi connectivity index (χ0n) is 26.3. The highest BCUT2D eigenvalue weighted by molar-refractivity contribution is 5.64. The first kappa shape index (κ1) is 15.0. The van der Waals surface area contributed by atoms with Crippen LogP contribution in [0.2, 0.25) is 0 Å². The summed E-state index contributed by atoms with van der Waals surface area (Å²) in [5.74, 6) is -1.62. The van der Waals surface area contributed by atoms with Gasteiger partial charge >= 0.3 is 0 Å². The van der Waals surface area contributed by atoms with Crippen LogP contribution in [0.1, 0.15) is 16.5 Å². The van der Waals surface area contributed by atoms with Gasteiger partial charge in [-0.15, -0.1) is 5.10 Å². The van der Waals surface area contributed by atoms with Crippen molar-refractivity contribution in [3.05, 3.63) is 59.9 Å². The van der Waals surface area contributed by atoms with E-state index in [1.54, 1.807) is 13.0 Å². The Balaban J connectivity index is 1.48. The largest absolute Gasteiger partial charge is 0.376 e. The number of ether oxygens (including phenoxy) is 2. The van der Waals surface area contributed by atoms with Gasteiger partial charge in [0.15, 0.2) is 0 Å². The molecule has 0 amide bonds. The highest BCUT2D eigenvalue weighted by atomic mass is 19.1. The first-order chi connectivity index (χ1) is 19.5. The van der Waals surface area contributed by atoms with Crippen molar-refractivity contribution < 1.29 is 29.2 Å². The second-order valence-electron chi connectivity index (χ2n) is 7.78. The van der Waals surface area contributed by atoms with E-state index in [0.717, 1.165) is 16.8 Å². The molecule has 2 fully saturated rings. The SMILES string of the molecule is [2H]C1([2H])N(CC2COCCO2)C([2H])([2H])C([2H])([2H])N(c2cc(C)cc(Nc3ncn(-c4cc(F)cc(F)c4)n3)c2)C1([2H])[2H]. The first-order valence-electron chi connectivity index (χ1n) is 14.6. The average Bonchev–Trinajstić information content (AvgIpc) is 3.34. The lowest BCUT2D eigenvalue weighted by Crippen LogP contribution is -2.50. The van der Waals surface area contributed by atoms with E-state index in [-0.39, 0.29) is 36.2 Å². The Labute approximate surface area is 208 Å². The smallest absolute Gasteiger partial charge is 0.246 e. The molecule has 1 atom stereocenters. The zero-order chi connectivity index (χ0) is 30.7. The second-order valence-corrected chi connectivity index (χ2v) is 7.78. The number of rotatable bonds is 6. The maximum atomic E-state index is 13.7. The van der Waals surface area contributed by atoms with Gasteiger partial charge in [-0.1, -0.05) is 0 Å². The van der Waals surface area contributed by atoms with Crippen molar-refractivity contribution in [2.45, 2.75) is 13.0 Å². The molecule has 3 aromatic rings. The van der Waals surface area contributed by atoms with Crippen LogP contribution in [0, 0.1) is 18.6 Å². The maximum absolute atomic E-state index is 13.7. The Morgan fingerprint density at radius 2 is 1.82 bits per heavy atom. The summed E-state index contributed by atoms with van der Waals surface area (Å²) in [5, 5.41) is 7.02. The van der Waals surface area contributed by atoms with Crippen LogP contribution >= 0.6 is 0 Å². The first-order valence-corrected chi connectivity index (χ1v) is 10.6. The molecule has 0 aliphatic carbocycles. The van der Waals surface area contributed by atoms with E-state index in [1.165, 1.54) is 18.5 Å². The summed E-state index contributed by atoms with van der Waals surface area (Å²) in [6.45, 7) is -10.5. The summed E-state index contributed by atoms with van der Waals surface area (Å²) in [6.07, 6.45) is 0.432. The minimum absolute atomic E-state index is 0.00702. The lowest BCUT2D eigenvalue weighted by atomic mass is 10.1. The van der Waals surface area contributed by atoms with Gasteiger partial charge in [-0.3, -0.25) is 4.90 Å². The van der Waals surface area contributed by atoms with E-state index in [9.17, 15) is 8.78 Å². The summed E-state index contributed by atoms with van der Waals surface area (Å²) in [4.78, 5) is 5.06. The topological polar surface area (TPSA) is 67.7 Å². The molecule has 0 saturated carbocycles. The van der Waals surface area contributed by atoms with Crippen LogP contribution in [0.15, 0.2) is 42.7 Å². The Morgan fingerprint density at radius 1 is 1.03 bits per heavy atom. The normalized spacial score (nSPS) is 28.8. The highest BCUT2D eigenvalue weighted by Crippen LogP contribution is 2.25. The molecule has 2 aliphatic rings. The molecular formula is C24H28F2N6O2. The summed E-state index contributed by atoms with van der Waals surface area (Å²) >= 11 is 0. The third-order valence-electron chi connectivity index (χ3n) is 5.04. The van der Waals surface area contributed by atoms with Gasteiger partial charge < -0.3 is 19.7 Å². The lowest BCUT2D eigenvalue weighted by molar-refractivity contribution is -0.0977. The number of hydrogen-bond acceptors (Lipinski definition) is 7. The Morgan fingerprint density at radius 3 is 2.56 bits per heavy atom. The summed E-state index contributed by atoms with van der Waals surface area (Å²) in [7, 11) is 0. The van der Waals surface area contributed by atoms with Gasteiger partial charge in [0, 0.05) is 55.5 Å². The van der Waals surface area contributed by atoms with Gasteiger partial charge in [0.05, 0.1) is 37.1 Å². The molecule has 2 aromatic carbocycles. The Kier molecular flexibility index (Phi) is 4.44. The van der Waals surface area contributed by atoms with Crippen LogP contribution in [0.5, 0.6) is 0 Å². The molecule has 34 heavy (non-hydrogen) atoms. The quantitative estimate of drug-likeness (QED) is 0.584. The fourth-order valence-corrected chi connectivity index (χ4v) is 3.55. The van der Waals surface area contributed by atoms with Crippen LogP contribution in [-0.4, -0.2) is 78.1 Å². The fourth-order valence-electron chi connectivity index (χ4n) is 3.55. The van der Waals surface area contributed by atoms with E-state index in [4.69, 9.17) is 20.4 Å². The Hall–Kier alpha value is -3.08. The number of halogens is 2. The molecule has 8 nitrogen and oxygen atoms in total. The number of aryl methyl sites for hydroxylation is 1. The van der Waals surface area contributed by atoms with Crippen LogP contribution in [-0.2, 0) is 9.47 Å². The van der Waals surface area contributed by atoms with E-state index >= 15 is 0 Å². The number of anilines is 3. The van der Waals surface area contributed by atoms with Crippen molar-refractivity contribution in [3.63, 3.8) is 0 Å². The Bertz CT molecular complexity index is 1420. The minimum atomic E-state index is -3.08. The minimum Gasteiger partial charge on any atom is -0.376 e. The van der Waals surface area contributed by atoms with Crippen molar-refractivity contribution in [1.29, 1.82) is 0 Å². The van der Waals surface area contributed by atoms with Gasteiger partial charge in [0.2, 0.25) is 5.95 Å². The summed E-state index contributed by atoms with van der Waals surface area (Å²) in [6, 6.07) is 7.16. The predicted molar refractivity (Wildman–Crippen MR) is 125 cm³/mol. The second kappa shape index (κ2) is 10.0. The van der Waals surface area contributed by atoms with Crippen LogP contribution < -0.4 is 10.2 Å². The van der Waals surface area contributed by atoms with Crippen LogP contribution in [0.25, 0.3) is 5.69 Å². The molecule has 0 spiro atoms. The third kappa shape index (κ3) is 5.52. The summed E-state index contributed by atoms with van der Waals surface area (Å²) in [5.41, 5.74) is 0.677. The molecule has 5 rings (SSSR count). The molecule has 0 radical (unpaired) electrons. The van der Waals surface area contributed by atoms with Crippen LogP contribution in [0.3, 0.4) is 0 Å². The van der Waals surface area contributed by atoms with Gasteiger partial charge in [-0.25, -0.2) is 13.5 Å². The van der Waals surface area contributed by atoms with Crippen molar-refractivity contribution in [2.24, 2.45) is 0 Å².